The van der Waals surface area contributed by atoms with Gasteiger partial charge in [0.05, 0.1) is 0 Å². The fourth-order valence-electron chi connectivity index (χ4n) is 3.27. The van der Waals surface area contributed by atoms with Crippen molar-refractivity contribution in [2.75, 3.05) is 19.6 Å². The van der Waals surface area contributed by atoms with Crippen LogP contribution in [0.3, 0.4) is 0 Å². The second kappa shape index (κ2) is 5.33. The van der Waals surface area contributed by atoms with Crippen molar-refractivity contribution in [2.45, 2.75) is 57.5 Å². The lowest BCUT2D eigenvalue weighted by atomic mass is 9.90. The second-order valence-corrected chi connectivity index (χ2v) is 5.39. The van der Waals surface area contributed by atoms with Crippen LogP contribution < -0.4 is 5.32 Å². The molecule has 0 aromatic rings. The SMILES string of the molecule is C/C=C/CN1CC(CC)NCC12CCCC2. The lowest BCUT2D eigenvalue weighted by Gasteiger charge is -2.48. The number of nitrogens with one attached hydrogen (secondary N) is 1. The Hall–Kier alpha value is -0.340. The highest BCUT2D eigenvalue weighted by atomic mass is 15.3. The third-order valence-electron chi connectivity index (χ3n) is 4.42. The van der Waals surface area contributed by atoms with Gasteiger partial charge in [0.2, 0.25) is 0 Å². The van der Waals surface area contributed by atoms with Gasteiger partial charge in [-0.05, 0) is 26.2 Å². The highest BCUT2D eigenvalue weighted by Crippen LogP contribution is 2.36. The molecule has 1 saturated carbocycles. The molecule has 2 rings (SSSR count). The Labute approximate surface area is 100 Å². The first kappa shape index (κ1) is 12.1. The predicted molar refractivity (Wildman–Crippen MR) is 69.7 cm³/mol. The van der Waals surface area contributed by atoms with Gasteiger partial charge >= 0.3 is 0 Å². The summed E-state index contributed by atoms with van der Waals surface area (Å²) in [5.41, 5.74) is 0.491. The Morgan fingerprint density at radius 3 is 2.75 bits per heavy atom. The number of hydrogen-bond acceptors (Lipinski definition) is 2. The van der Waals surface area contributed by atoms with Crippen LogP contribution in [0.1, 0.15) is 46.0 Å². The van der Waals surface area contributed by atoms with Gasteiger partial charge in [-0.3, -0.25) is 4.90 Å². The fraction of sp³-hybridized carbons (Fsp3) is 0.857. The van der Waals surface area contributed by atoms with Gasteiger partial charge in [-0.25, -0.2) is 0 Å². The molecular formula is C14H26N2. The summed E-state index contributed by atoms with van der Waals surface area (Å²) in [6, 6.07) is 0.705. The first-order valence-electron chi connectivity index (χ1n) is 6.90. The lowest BCUT2D eigenvalue weighted by Crippen LogP contribution is -2.63. The van der Waals surface area contributed by atoms with E-state index in [1.54, 1.807) is 0 Å². The van der Waals surface area contributed by atoms with E-state index in [-0.39, 0.29) is 0 Å². The van der Waals surface area contributed by atoms with Crippen LogP contribution in [0.15, 0.2) is 12.2 Å². The van der Waals surface area contributed by atoms with Crippen LogP contribution in [0, 0.1) is 0 Å². The highest BCUT2D eigenvalue weighted by molar-refractivity contribution is 5.03. The van der Waals surface area contributed by atoms with E-state index in [0.29, 0.717) is 11.6 Å². The molecule has 2 aliphatic rings. The molecule has 0 amide bonds. The van der Waals surface area contributed by atoms with Crippen LogP contribution in [-0.4, -0.2) is 36.1 Å². The first-order chi connectivity index (χ1) is 7.80. The first-order valence-corrected chi connectivity index (χ1v) is 6.90. The van der Waals surface area contributed by atoms with E-state index < -0.39 is 0 Å². The minimum Gasteiger partial charge on any atom is -0.311 e. The topological polar surface area (TPSA) is 15.3 Å². The largest absolute Gasteiger partial charge is 0.311 e. The molecule has 1 N–H and O–H groups in total. The van der Waals surface area contributed by atoms with Crippen molar-refractivity contribution in [3.63, 3.8) is 0 Å². The van der Waals surface area contributed by atoms with Crippen molar-refractivity contribution in [2.24, 2.45) is 0 Å². The van der Waals surface area contributed by atoms with Crippen LogP contribution >= 0.6 is 0 Å². The van der Waals surface area contributed by atoms with Crippen LogP contribution in [0.4, 0.5) is 0 Å². The zero-order valence-electron chi connectivity index (χ0n) is 10.8. The fourth-order valence-corrected chi connectivity index (χ4v) is 3.27. The maximum absolute atomic E-state index is 3.74. The number of hydrogen-bond donors (Lipinski definition) is 1. The zero-order chi connectivity index (χ0) is 11.4. The van der Waals surface area contributed by atoms with E-state index in [2.05, 4.69) is 36.2 Å². The molecule has 0 aromatic carbocycles. The van der Waals surface area contributed by atoms with E-state index >= 15 is 0 Å². The van der Waals surface area contributed by atoms with Crippen molar-refractivity contribution >= 4 is 0 Å². The molecule has 2 heteroatoms. The van der Waals surface area contributed by atoms with Crippen LogP contribution in [0.5, 0.6) is 0 Å². The van der Waals surface area contributed by atoms with E-state index in [9.17, 15) is 0 Å². The molecule has 16 heavy (non-hydrogen) atoms. The van der Waals surface area contributed by atoms with E-state index in [1.807, 2.05) is 0 Å². The van der Waals surface area contributed by atoms with E-state index in [0.717, 1.165) is 6.54 Å². The standard InChI is InChI=1S/C14H26N2/c1-3-5-10-16-11-13(4-2)15-12-14(16)8-6-7-9-14/h3,5,13,15H,4,6-12H2,1-2H3/b5-3+. The molecule has 2 nitrogen and oxygen atoms in total. The van der Waals surface area contributed by atoms with E-state index in [4.69, 9.17) is 0 Å². The smallest absolute Gasteiger partial charge is 0.0338 e. The maximum atomic E-state index is 3.74. The molecular weight excluding hydrogens is 196 g/mol. The van der Waals surface area contributed by atoms with Gasteiger partial charge < -0.3 is 5.32 Å². The summed E-state index contributed by atoms with van der Waals surface area (Å²) in [7, 11) is 0. The number of allylic oxidation sites excluding steroid dienone is 1. The number of nitrogens with zero attached hydrogens (tertiary/aromatic N) is 1. The average molecular weight is 222 g/mol. The van der Waals surface area contributed by atoms with Crippen LogP contribution in [0.25, 0.3) is 0 Å². The van der Waals surface area contributed by atoms with Gasteiger partial charge in [0, 0.05) is 31.2 Å². The quantitative estimate of drug-likeness (QED) is 0.738. The third-order valence-corrected chi connectivity index (χ3v) is 4.42. The molecule has 1 atom stereocenters. The molecule has 1 spiro atoms. The number of piperazine rings is 1. The predicted octanol–water partition coefficient (Wildman–Crippen LogP) is 2.56. The lowest BCUT2D eigenvalue weighted by molar-refractivity contribution is 0.0534. The summed E-state index contributed by atoms with van der Waals surface area (Å²) in [4.78, 5) is 2.74. The number of rotatable bonds is 3. The summed E-state index contributed by atoms with van der Waals surface area (Å²) in [6.07, 6.45) is 11.4. The molecule has 1 aliphatic carbocycles. The van der Waals surface area contributed by atoms with Crippen molar-refractivity contribution in [3.8, 4) is 0 Å². The minimum atomic E-state index is 0.491. The Kier molecular flexibility index (Phi) is 4.04. The van der Waals surface area contributed by atoms with Crippen LogP contribution in [0.2, 0.25) is 0 Å². The van der Waals surface area contributed by atoms with Gasteiger partial charge in [0.25, 0.3) is 0 Å². The Bertz CT molecular complexity index is 241. The molecule has 1 unspecified atom stereocenters. The molecule has 0 radical (unpaired) electrons. The summed E-state index contributed by atoms with van der Waals surface area (Å²) in [5.74, 6) is 0. The van der Waals surface area contributed by atoms with Gasteiger partial charge in [-0.2, -0.15) is 0 Å². The maximum Gasteiger partial charge on any atom is 0.0338 e. The second-order valence-electron chi connectivity index (χ2n) is 5.39. The minimum absolute atomic E-state index is 0.491. The Balaban J connectivity index is 2.04. The average Bonchev–Trinajstić information content (AvgIpc) is 2.78. The van der Waals surface area contributed by atoms with Crippen molar-refractivity contribution in [1.82, 2.24) is 10.2 Å². The highest BCUT2D eigenvalue weighted by Gasteiger charge is 2.42. The van der Waals surface area contributed by atoms with Gasteiger partial charge in [0.15, 0.2) is 0 Å². The van der Waals surface area contributed by atoms with Crippen LogP contribution in [-0.2, 0) is 0 Å². The summed E-state index contributed by atoms with van der Waals surface area (Å²) in [6.45, 7) is 8.01. The van der Waals surface area contributed by atoms with Gasteiger partial charge in [0.1, 0.15) is 0 Å². The molecule has 1 aliphatic heterocycles. The molecule has 0 aromatic heterocycles. The summed E-state index contributed by atoms with van der Waals surface area (Å²) in [5, 5.41) is 3.74. The van der Waals surface area contributed by atoms with Crippen molar-refractivity contribution < 1.29 is 0 Å². The molecule has 92 valence electrons. The molecule has 1 saturated heterocycles. The third kappa shape index (κ3) is 2.33. The monoisotopic (exact) mass is 222 g/mol. The summed E-state index contributed by atoms with van der Waals surface area (Å²) >= 11 is 0. The zero-order valence-corrected chi connectivity index (χ0v) is 10.8. The molecule has 0 bridgehead atoms. The normalized spacial score (nSPS) is 30.5. The van der Waals surface area contributed by atoms with Crippen molar-refractivity contribution in [3.05, 3.63) is 12.2 Å². The Morgan fingerprint density at radius 2 is 2.12 bits per heavy atom. The van der Waals surface area contributed by atoms with Crippen molar-refractivity contribution in [1.29, 1.82) is 0 Å². The molecule has 2 fully saturated rings. The summed E-state index contributed by atoms with van der Waals surface area (Å²) < 4.78 is 0. The van der Waals surface area contributed by atoms with E-state index in [1.165, 1.54) is 45.2 Å². The van der Waals surface area contributed by atoms with Gasteiger partial charge in [-0.1, -0.05) is 31.9 Å². The van der Waals surface area contributed by atoms with Gasteiger partial charge in [-0.15, -0.1) is 0 Å². The Morgan fingerprint density at radius 1 is 1.38 bits per heavy atom. The molecule has 1 heterocycles.